The number of ether oxygens (including phenoxy) is 1. The number of aryl methyl sites for hydroxylation is 2. The number of nitrogens with two attached hydrogens (primary N) is 1. The molecule has 0 amide bonds. The molecule has 0 unspecified atom stereocenters. The van der Waals surface area contributed by atoms with E-state index >= 15 is 0 Å². The lowest BCUT2D eigenvalue weighted by atomic mass is 10.1. The molecule has 18 heavy (non-hydrogen) atoms. The van der Waals surface area contributed by atoms with Crippen molar-refractivity contribution < 1.29 is 13.5 Å². The van der Waals surface area contributed by atoms with E-state index in [-0.39, 0.29) is 5.88 Å². The second-order valence-corrected chi connectivity index (χ2v) is 4.01. The highest BCUT2D eigenvalue weighted by atomic mass is 19.1. The molecule has 1 aromatic heterocycles. The molecule has 0 spiro atoms. The van der Waals surface area contributed by atoms with Crippen LogP contribution in [0, 0.1) is 25.5 Å². The van der Waals surface area contributed by atoms with Gasteiger partial charge in [0.1, 0.15) is 5.75 Å². The topological polar surface area (TPSA) is 48.1 Å². The fourth-order valence-electron chi connectivity index (χ4n) is 1.55. The number of halogens is 2. The van der Waals surface area contributed by atoms with Crippen molar-refractivity contribution in [2.45, 2.75) is 13.8 Å². The van der Waals surface area contributed by atoms with E-state index in [1.807, 2.05) is 26.0 Å². The average molecular weight is 250 g/mol. The van der Waals surface area contributed by atoms with Gasteiger partial charge in [0.25, 0.3) is 5.88 Å². The van der Waals surface area contributed by atoms with Crippen LogP contribution in [-0.2, 0) is 0 Å². The summed E-state index contributed by atoms with van der Waals surface area (Å²) in [6, 6.07) is 6.07. The number of aromatic nitrogens is 1. The summed E-state index contributed by atoms with van der Waals surface area (Å²) in [5.74, 6) is -2.06. The van der Waals surface area contributed by atoms with E-state index in [9.17, 15) is 8.78 Å². The maximum atomic E-state index is 13.4. The summed E-state index contributed by atoms with van der Waals surface area (Å²) in [6.07, 6.45) is 0. The molecule has 94 valence electrons. The van der Waals surface area contributed by atoms with Gasteiger partial charge in [-0.1, -0.05) is 17.7 Å². The number of anilines is 1. The summed E-state index contributed by atoms with van der Waals surface area (Å²) in [5, 5.41) is 0. The first-order chi connectivity index (χ1) is 8.47. The van der Waals surface area contributed by atoms with Crippen LogP contribution in [0.25, 0.3) is 0 Å². The Morgan fingerprint density at radius 3 is 2.50 bits per heavy atom. The van der Waals surface area contributed by atoms with Crippen molar-refractivity contribution in [3.05, 3.63) is 47.0 Å². The van der Waals surface area contributed by atoms with Crippen LogP contribution >= 0.6 is 0 Å². The summed E-state index contributed by atoms with van der Waals surface area (Å²) in [7, 11) is 0. The fraction of sp³-hybridized carbons (Fsp3) is 0.154. The van der Waals surface area contributed by atoms with E-state index < -0.39 is 17.5 Å². The SMILES string of the molecule is Cc1ccc(Oc2nc(N)c(F)cc2F)c(C)c1. The van der Waals surface area contributed by atoms with E-state index in [0.29, 0.717) is 11.8 Å². The molecule has 2 rings (SSSR count). The van der Waals surface area contributed by atoms with Gasteiger partial charge in [-0.3, -0.25) is 0 Å². The van der Waals surface area contributed by atoms with Crippen molar-refractivity contribution in [1.29, 1.82) is 0 Å². The summed E-state index contributed by atoms with van der Waals surface area (Å²) in [6.45, 7) is 3.76. The normalized spacial score (nSPS) is 10.4. The second kappa shape index (κ2) is 4.60. The van der Waals surface area contributed by atoms with Crippen LogP contribution in [0.2, 0.25) is 0 Å². The highest BCUT2D eigenvalue weighted by Gasteiger charge is 2.12. The van der Waals surface area contributed by atoms with E-state index in [4.69, 9.17) is 10.5 Å². The molecule has 3 nitrogen and oxygen atoms in total. The van der Waals surface area contributed by atoms with Crippen molar-refractivity contribution in [3.63, 3.8) is 0 Å². The Morgan fingerprint density at radius 1 is 1.11 bits per heavy atom. The Bertz CT molecular complexity index is 600. The molecule has 1 heterocycles. The lowest BCUT2D eigenvalue weighted by Gasteiger charge is -2.09. The molecule has 0 fully saturated rings. The van der Waals surface area contributed by atoms with Gasteiger partial charge in [-0.15, -0.1) is 0 Å². The molecule has 2 N–H and O–H groups in total. The summed E-state index contributed by atoms with van der Waals surface area (Å²) >= 11 is 0. The molecule has 0 bridgehead atoms. The fourth-order valence-corrected chi connectivity index (χ4v) is 1.55. The summed E-state index contributed by atoms with van der Waals surface area (Å²) in [4.78, 5) is 3.54. The molecule has 0 saturated heterocycles. The lowest BCUT2D eigenvalue weighted by Crippen LogP contribution is -2.00. The summed E-state index contributed by atoms with van der Waals surface area (Å²) < 4.78 is 31.7. The van der Waals surface area contributed by atoms with Crippen LogP contribution in [0.5, 0.6) is 11.6 Å². The minimum Gasteiger partial charge on any atom is -0.436 e. The molecule has 0 radical (unpaired) electrons. The van der Waals surface area contributed by atoms with E-state index in [1.165, 1.54) is 0 Å². The maximum Gasteiger partial charge on any atom is 0.258 e. The predicted octanol–water partition coefficient (Wildman–Crippen LogP) is 3.35. The highest BCUT2D eigenvalue weighted by molar-refractivity contribution is 5.40. The van der Waals surface area contributed by atoms with E-state index in [0.717, 1.165) is 11.1 Å². The van der Waals surface area contributed by atoms with Crippen molar-refractivity contribution >= 4 is 5.82 Å². The summed E-state index contributed by atoms with van der Waals surface area (Å²) in [5.41, 5.74) is 7.17. The monoisotopic (exact) mass is 250 g/mol. The minimum atomic E-state index is -0.902. The van der Waals surface area contributed by atoms with Crippen LogP contribution in [0.3, 0.4) is 0 Å². The molecule has 0 saturated carbocycles. The molecule has 0 aliphatic carbocycles. The van der Waals surface area contributed by atoms with Gasteiger partial charge in [-0.2, -0.15) is 4.98 Å². The van der Waals surface area contributed by atoms with Gasteiger partial charge in [0.2, 0.25) is 0 Å². The number of benzene rings is 1. The first kappa shape index (κ1) is 12.3. The zero-order chi connectivity index (χ0) is 13.3. The maximum absolute atomic E-state index is 13.4. The van der Waals surface area contributed by atoms with Crippen molar-refractivity contribution in [2.75, 3.05) is 5.73 Å². The highest BCUT2D eigenvalue weighted by Crippen LogP contribution is 2.27. The molecule has 0 aliphatic heterocycles. The molecule has 2 aromatic rings. The minimum absolute atomic E-state index is 0.333. The Kier molecular flexibility index (Phi) is 3.14. The van der Waals surface area contributed by atoms with Crippen molar-refractivity contribution in [1.82, 2.24) is 4.98 Å². The molecule has 0 aliphatic rings. The first-order valence-electron chi connectivity index (χ1n) is 5.34. The Labute approximate surface area is 103 Å². The molecule has 0 atom stereocenters. The molecule has 5 heteroatoms. The number of nitrogens with zero attached hydrogens (tertiary/aromatic N) is 1. The van der Waals surface area contributed by atoms with E-state index in [2.05, 4.69) is 4.98 Å². The second-order valence-electron chi connectivity index (χ2n) is 4.01. The van der Waals surface area contributed by atoms with Crippen molar-refractivity contribution in [3.8, 4) is 11.6 Å². The average Bonchev–Trinajstić information content (AvgIpc) is 2.29. The van der Waals surface area contributed by atoms with Crippen molar-refractivity contribution in [2.24, 2.45) is 0 Å². The number of rotatable bonds is 2. The molecular formula is C13H12F2N2O. The van der Waals surface area contributed by atoms with Gasteiger partial charge in [-0.05, 0) is 25.5 Å². The standard InChI is InChI=1S/C13H12F2N2O/c1-7-3-4-11(8(2)5-7)18-13-10(15)6-9(14)12(16)17-13/h3-6H,1-2H3,(H2,16,17). The van der Waals surface area contributed by atoms with Crippen LogP contribution in [0.4, 0.5) is 14.6 Å². The Morgan fingerprint density at radius 2 is 1.83 bits per heavy atom. The van der Waals surface area contributed by atoms with Gasteiger partial charge in [0.15, 0.2) is 17.5 Å². The number of nitrogen functional groups attached to an aromatic ring is 1. The van der Waals surface area contributed by atoms with Crippen LogP contribution in [-0.4, -0.2) is 4.98 Å². The third-order valence-corrected chi connectivity index (χ3v) is 2.46. The Balaban J connectivity index is 2.37. The number of hydrogen-bond acceptors (Lipinski definition) is 3. The van der Waals surface area contributed by atoms with Gasteiger partial charge in [0.05, 0.1) is 0 Å². The number of pyridine rings is 1. The number of hydrogen-bond donors (Lipinski definition) is 1. The van der Waals surface area contributed by atoms with Gasteiger partial charge in [0, 0.05) is 6.07 Å². The largest absolute Gasteiger partial charge is 0.436 e. The van der Waals surface area contributed by atoms with Gasteiger partial charge in [-0.25, -0.2) is 8.78 Å². The first-order valence-corrected chi connectivity index (χ1v) is 5.34. The zero-order valence-corrected chi connectivity index (χ0v) is 10.00. The smallest absolute Gasteiger partial charge is 0.258 e. The zero-order valence-electron chi connectivity index (χ0n) is 10.00. The third kappa shape index (κ3) is 2.40. The van der Waals surface area contributed by atoms with Gasteiger partial charge >= 0.3 is 0 Å². The Hall–Kier alpha value is -2.17. The third-order valence-electron chi connectivity index (χ3n) is 2.46. The van der Waals surface area contributed by atoms with Crippen LogP contribution in [0.15, 0.2) is 24.3 Å². The van der Waals surface area contributed by atoms with Crippen LogP contribution in [0.1, 0.15) is 11.1 Å². The predicted molar refractivity (Wildman–Crippen MR) is 64.6 cm³/mol. The lowest BCUT2D eigenvalue weighted by molar-refractivity contribution is 0.416. The molecular weight excluding hydrogens is 238 g/mol. The molecule has 1 aromatic carbocycles. The quantitative estimate of drug-likeness (QED) is 0.889. The van der Waals surface area contributed by atoms with Gasteiger partial charge < -0.3 is 10.5 Å². The van der Waals surface area contributed by atoms with Crippen LogP contribution < -0.4 is 10.5 Å². The van der Waals surface area contributed by atoms with E-state index in [1.54, 1.807) is 6.07 Å².